The second-order valence-electron chi connectivity index (χ2n) is 6.74. The molecule has 0 spiro atoms. The SMILES string of the molecule is COC(=O)CCCc1ccc([N+](=O)[O-])cc1F.O=C(O)CCCc1ccc([N+](=O)[O-])cc1F.[Na+].[OH-]. The van der Waals surface area contributed by atoms with Gasteiger partial charge >= 0.3 is 41.5 Å². The summed E-state index contributed by atoms with van der Waals surface area (Å²) in [6.07, 6.45) is 1.52. The molecular formula is C21H23F2N2NaO9. The minimum atomic E-state index is -0.942. The van der Waals surface area contributed by atoms with E-state index in [9.17, 15) is 38.6 Å². The topological polar surface area (TPSA) is 180 Å². The summed E-state index contributed by atoms with van der Waals surface area (Å²) < 4.78 is 31.1. The summed E-state index contributed by atoms with van der Waals surface area (Å²) in [4.78, 5) is 40.4. The van der Waals surface area contributed by atoms with Gasteiger partial charge in [0.05, 0.1) is 29.1 Å². The van der Waals surface area contributed by atoms with Crippen molar-refractivity contribution in [2.75, 3.05) is 7.11 Å². The number of hydrogen-bond acceptors (Lipinski definition) is 8. The van der Waals surface area contributed by atoms with Crippen molar-refractivity contribution >= 4 is 23.3 Å². The van der Waals surface area contributed by atoms with Gasteiger partial charge in [0.2, 0.25) is 0 Å². The molecule has 0 saturated carbocycles. The Morgan fingerprint density at radius 2 is 1.29 bits per heavy atom. The molecule has 0 aliphatic heterocycles. The van der Waals surface area contributed by atoms with Gasteiger partial charge in [-0.05, 0) is 48.9 Å². The quantitative estimate of drug-likeness (QED) is 0.213. The summed E-state index contributed by atoms with van der Waals surface area (Å²) in [5, 5.41) is 29.1. The van der Waals surface area contributed by atoms with Crippen LogP contribution in [-0.2, 0) is 27.2 Å². The van der Waals surface area contributed by atoms with Crippen LogP contribution in [0.4, 0.5) is 20.2 Å². The van der Waals surface area contributed by atoms with Gasteiger partial charge in [-0.15, -0.1) is 0 Å². The summed E-state index contributed by atoms with van der Waals surface area (Å²) in [7, 11) is 1.29. The number of benzene rings is 2. The van der Waals surface area contributed by atoms with Crippen LogP contribution in [-0.4, -0.2) is 39.5 Å². The van der Waals surface area contributed by atoms with Gasteiger partial charge in [-0.1, -0.05) is 0 Å². The predicted octanol–water partition coefficient (Wildman–Crippen LogP) is 1.20. The standard InChI is InChI=1S/C11H12FNO4.C10H10FNO4.Na.H2O/c1-17-11(14)4-2-3-8-5-6-9(13(15)16)7-10(8)12;11-9-6-8(12(15)16)5-4-7(9)2-1-3-10(13)14;;/h5-7H,2-4H2,1H3;4-6H,1-3H2,(H,13,14);;1H2/q;;+1;/p-1. The molecule has 0 amide bonds. The molecule has 14 heteroatoms. The number of hydrogen-bond donors (Lipinski definition) is 1. The van der Waals surface area contributed by atoms with Crippen molar-refractivity contribution in [2.45, 2.75) is 38.5 Å². The molecule has 2 aromatic carbocycles. The second kappa shape index (κ2) is 17.4. The van der Waals surface area contributed by atoms with E-state index in [1.807, 2.05) is 0 Å². The summed E-state index contributed by atoms with van der Waals surface area (Å²) in [6, 6.07) is 6.86. The Hall–Kier alpha value is -3.00. The van der Waals surface area contributed by atoms with E-state index < -0.39 is 27.5 Å². The number of methoxy groups -OCH3 is 1. The number of esters is 1. The number of carbonyl (C=O) groups is 2. The van der Waals surface area contributed by atoms with Crippen molar-refractivity contribution in [3.05, 3.63) is 79.4 Å². The maximum atomic E-state index is 13.4. The Morgan fingerprint density at radius 1 is 0.886 bits per heavy atom. The molecule has 0 aliphatic carbocycles. The number of halogens is 2. The molecule has 2 rings (SSSR count). The summed E-state index contributed by atoms with van der Waals surface area (Å²) in [5.74, 6) is -2.58. The number of carbonyl (C=O) groups excluding carboxylic acids is 1. The minimum absolute atomic E-state index is 0. The van der Waals surface area contributed by atoms with Crippen molar-refractivity contribution in [3.8, 4) is 0 Å². The largest absolute Gasteiger partial charge is 1.00 e. The first-order chi connectivity index (χ1) is 15.5. The van der Waals surface area contributed by atoms with Gasteiger partial charge in [-0.25, -0.2) is 8.78 Å². The molecule has 2 N–H and O–H groups in total. The zero-order chi connectivity index (χ0) is 25.0. The van der Waals surface area contributed by atoms with Crippen molar-refractivity contribution in [1.82, 2.24) is 0 Å². The van der Waals surface area contributed by atoms with Gasteiger partial charge < -0.3 is 15.3 Å². The first kappa shape index (κ1) is 34.2. The first-order valence-electron chi connectivity index (χ1n) is 9.69. The fourth-order valence-corrected chi connectivity index (χ4v) is 2.66. The maximum absolute atomic E-state index is 13.4. The van der Waals surface area contributed by atoms with Crippen molar-refractivity contribution in [3.63, 3.8) is 0 Å². The molecule has 0 aliphatic rings. The molecule has 0 fully saturated rings. The van der Waals surface area contributed by atoms with Gasteiger partial charge in [0.15, 0.2) is 0 Å². The summed E-state index contributed by atoms with van der Waals surface area (Å²) in [6.45, 7) is 0. The Balaban J connectivity index is 0. The molecule has 2 aromatic rings. The van der Waals surface area contributed by atoms with Crippen LogP contribution in [0.25, 0.3) is 0 Å². The normalized spacial score (nSPS) is 9.46. The number of non-ortho nitro benzene ring substituents is 2. The molecule has 0 unspecified atom stereocenters. The third kappa shape index (κ3) is 12.9. The first-order valence-corrected chi connectivity index (χ1v) is 9.69. The van der Waals surface area contributed by atoms with E-state index >= 15 is 0 Å². The van der Waals surface area contributed by atoms with Crippen molar-refractivity contribution in [2.24, 2.45) is 0 Å². The number of ether oxygens (including phenoxy) is 1. The number of rotatable bonds is 10. The van der Waals surface area contributed by atoms with Crippen LogP contribution in [0.1, 0.15) is 36.8 Å². The van der Waals surface area contributed by atoms with Crippen LogP contribution >= 0.6 is 0 Å². The molecule has 0 radical (unpaired) electrons. The Morgan fingerprint density at radius 3 is 1.60 bits per heavy atom. The van der Waals surface area contributed by atoms with Crippen molar-refractivity contribution in [1.29, 1.82) is 0 Å². The predicted molar refractivity (Wildman–Crippen MR) is 114 cm³/mol. The number of carboxylic acids is 1. The zero-order valence-corrected chi connectivity index (χ0v) is 21.1. The molecule has 0 atom stereocenters. The molecule has 35 heavy (non-hydrogen) atoms. The zero-order valence-electron chi connectivity index (χ0n) is 19.1. The van der Waals surface area contributed by atoms with E-state index in [4.69, 9.17) is 5.11 Å². The van der Waals surface area contributed by atoms with E-state index in [0.717, 1.165) is 12.1 Å². The Labute approximate surface area is 221 Å². The van der Waals surface area contributed by atoms with Crippen LogP contribution in [0.2, 0.25) is 0 Å². The van der Waals surface area contributed by atoms with E-state index in [0.29, 0.717) is 30.4 Å². The van der Waals surface area contributed by atoms with Crippen LogP contribution < -0.4 is 29.6 Å². The van der Waals surface area contributed by atoms with Gasteiger partial charge in [-0.2, -0.15) is 0 Å². The van der Waals surface area contributed by atoms with E-state index in [1.54, 1.807) is 0 Å². The number of nitro benzene ring substituents is 2. The van der Waals surface area contributed by atoms with E-state index in [-0.39, 0.29) is 71.6 Å². The summed E-state index contributed by atoms with van der Waals surface area (Å²) >= 11 is 0. The fraction of sp³-hybridized carbons (Fsp3) is 0.333. The van der Waals surface area contributed by atoms with Gasteiger partial charge in [0.25, 0.3) is 11.4 Å². The fourth-order valence-electron chi connectivity index (χ4n) is 2.66. The van der Waals surface area contributed by atoms with Gasteiger partial charge in [0, 0.05) is 25.0 Å². The minimum Gasteiger partial charge on any atom is -0.870 e. The number of aryl methyl sites for hydroxylation is 2. The second-order valence-corrected chi connectivity index (χ2v) is 6.74. The molecule has 0 saturated heterocycles. The molecule has 186 valence electrons. The average molecular weight is 508 g/mol. The molecule has 0 bridgehead atoms. The third-order valence-corrected chi connectivity index (χ3v) is 4.39. The molecular weight excluding hydrogens is 485 g/mol. The third-order valence-electron chi connectivity index (χ3n) is 4.39. The summed E-state index contributed by atoms with van der Waals surface area (Å²) in [5.41, 5.74) is 0.0741. The van der Waals surface area contributed by atoms with E-state index in [2.05, 4.69) is 4.74 Å². The Bertz CT molecular complexity index is 1020. The van der Waals surface area contributed by atoms with Crippen LogP contribution in [0.15, 0.2) is 36.4 Å². The average Bonchev–Trinajstić information content (AvgIpc) is 2.75. The molecule has 11 nitrogen and oxygen atoms in total. The van der Waals surface area contributed by atoms with Crippen molar-refractivity contribution < 1.29 is 73.1 Å². The monoisotopic (exact) mass is 508 g/mol. The smallest absolute Gasteiger partial charge is 0.870 e. The van der Waals surface area contributed by atoms with Gasteiger partial charge in [0.1, 0.15) is 11.6 Å². The van der Waals surface area contributed by atoms with Crippen LogP contribution in [0.5, 0.6) is 0 Å². The van der Waals surface area contributed by atoms with Gasteiger partial charge in [-0.3, -0.25) is 29.8 Å². The Kier molecular flexibility index (Phi) is 17.0. The number of nitrogens with zero attached hydrogens (tertiary/aromatic N) is 2. The number of aliphatic carboxylic acids is 1. The van der Waals surface area contributed by atoms with Crippen LogP contribution in [0, 0.1) is 31.9 Å². The van der Waals surface area contributed by atoms with E-state index in [1.165, 1.54) is 31.4 Å². The van der Waals surface area contributed by atoms with Crippen LogP contribution in [0.3, 0.4) is 0 Å². The molecule has 0 aromatic heterocycles. The maximum Gasteiger partial charge on any atom is 1.00 e. The number of carboxylic acid groups (broad SMARTS) is 1. The number of nitro groups is 2. The molecule has 0 heterocycles.